The zero-order valence-electron chi connectivity index (χ0n) is 9.90. The maximum absolute atomic E-state index is 6.03. The highest BCUT2D eigenvalue weighted by molar-refractivity contribution is 6.48. The van der Waals surface area contributed by atoms with E-state index in [4.69, 9.17) is 11.6 Å². The van der Waals surface area contributed by atoms with Gasteiger partial charge in [-0.1, -0.05) is 11.6 Å². The van der Waals surface area contributed by atoms with Gasteiger partial charge in [-0.15, -0.1) is 0 Å². The third-order valence-electron chi connectivity index (χ3n) is 2.51. The van der Waals surface area contributed by atoms with Crippen molar-refractivity contribution in [3.63, 3.8) is 0 Å². The van der Waals surface area contributed by atoms with E-state index in [9.17, 15) is 0 Å². The third-order valence-corrected chi connectivity index (χ3v) is 2.71. The Hall–Kier alpha value is -1.23. The average Bonchev–Trinajstić information content (AvgIpc) is 2.44. The van der Waals surface area contributed by atoms with E-state index in [1.54, 1.807) is 0 Å². The van der Waals surface area contributed by atoms with Crippen LogP contribution in [0.3, 0.4) is 0 Å². The molecule has 0 aromatic heterocycles. The number of rotatable bonds is 1. The van der Waals surface area contributed by atoms with Crippen LogP contribution in [0.2, 0.25) is 0 Å². The number of hydrazine groups is 1. The van der Waals surface area contributed by atoms with E-state index in [1.807, 2.05) is 43.9 Å². The van der Waals surface area contributed by atoms with Gasteiger partial charge in [-0.3, -0.25) is 15.4 Å². The van der Waals surface area contributed by atoms with Gasteiger partial charge in [0, 0.05) is 19.2 Å². The van der Waals surface area contributed by atoms with Gasteiger partial charge in [0.15, 0.2) is 5.84 Å². The number of fused-ring (bicyclic) bond motifs is 1. The summed E-state index contributed by atoms with van der Waals surface area (Å²) in [4.78, 5) is 4.52. The Balaban J connectivity index is 2.38. The normalized spacial score (nSPS) is 26.9. The van der Waals surface area contributed by atoms with Crippen molar-refractivity contribution in [1.29, 1.82) is 0 Å². The maximum atomic E-state index is 6.03. The van der Waals surface area contributed by atoms with E-state index in [0.29, 0.717) is 5.16 Å². The summed E-state index contributed by atoms with van der Waals surface area (Å²) in [6, 6.07) is 0.222. The first-order chi connectivity index (χ1) is 7.49. The van der Waals surface area contributed by atoms with Crippen molar-refractivity contribution in [2.24, 2.45) is 10.1 Å². The van der Waals surface area contributed by atoms with Crippen molar-refractivity contribution in [3.8, 4) is 0 Å². The Kier molecular flexibility index (Phi) is 2.80. The number of hydrogen-bond acceptors (Lipinski definition) is 5. The lowest BCUT2D eigenvalue weighted by Crippen LogP contribution is -2.51. The van der Waals surface area contributed by atoms with Crippen LogP contribution in [0.1, 0.15) is 20.8 Å². The van der Waals surface area contributed by atoms with Crippen LogP contribution in [-0.4, -0.2) is 40.8 Å². The van der Waals surface area contributed by atoms with Crippen LogP contribution >= 0.6 is 11.6 Å². The molecule has 6 heteroatoms. The average molecular weight is 242 g/mol. The quantitative estimate of drug-likeness (QED) is 0.705. The fourth-order valence-electron chi connectivity index (χ4n) is 1.65. The van der Waals surface area contributed by atoms with Crippen molar-refractivity contribution in [2.45, 2.75) is 33.0 Å². The lowest BCUT2D eigenvalue weighted by atomic mass is 10.2. The molecule has 0 aliphatic carbocycles. The summed E-state index contributed by atoms with van der Waals surface area (Å²) >= 11 is 6.03. The minimum Gasteiger partial charge on any atom is -0.284 e. The van der Waals surface area contributed by atoms with Gasteiger partial charge in [0.05, 0.1) is 0 Å². The van der Waals surface area contributed by atoms with Crippen LogP contribution < -0.4 is 5.43 Å². The van der Waals surface area contributed by atoms with Crippen molar-refractivity contribution >= 4 is 23.1 Å². The van der Waals surface area contributed by atoms with Crippen LogP contribution in [0, 0.1) is 0 Å². The summed E-state index contributed by atoms with van der Waals surface area (Å²) in [5.41, 5.74) is 3.90. The smallest absolute Gasteiger partial charge is 0.194 e. The minimum atomic E-state index is 0.134. The molecule has 88 valence electrons. The molecular formula is C10H16ClN5. The van der Waals surface area contributed by atoms with Crippen LogP contribution in [0.15, 0.2) is 21.3 Å². The topological polar surface area (TPSA) is 43.2 Å². The molecule has 0 aromatic carbocycles. The molecule has 0 saturated heterocycles. The lowest BCUT2D eigenvalue weighted by molar-refractivity contribution is 0.150. The number of nitrogens with zero attached hydrogens (tertiary/aromatic N) is 4. The Morgan fingerprint density at radius 1 is 1.56 bits per heavy atom. The monoisotopic (exact) mass is 241 g/mol. The zero-order valence-corrected chi connectivity index (χ0v) is 10.7. The fraction of sp³-hybridized carbons (Fsp3) is 0.600. The third kappa shape index (κ3) is 1.87. The molecule has 0 spiro atoms. The van der Waals surface area contributed by atoms with Crippen molar-refractivity contribution in [3.05, 3.63) is 11.2 Å². The first kappa shape index (κ1) is 11.3. The molecule has 0 radical (unpaired) electrons. The Labute approximate surface area is 100 Å². The van der Waals surface area contributed by atoms with E-state index in [0.717, 1.165) is 11.5 Å². The van der Waals surface area contributed by atoms with Gasteiger partial charge in [-0.2, -0.15) is 5.10 Å². The van der Waals surface area contributed by atoms with E-state index >= 15 is 0 Å². The summed E-state index contributed by atoms with van der Waals surface area (Å²) in [7, 11) is 1.93. The van der Waals surface area contributed by atoms with Gasteiger partial charge < -0.3 is 0 Å². The summed E-state index contributed by atoms with van der Waals surface area (Å²) in [6.07, 6.45) is 1.94. The molecule has 1 atom stereocenters. The summed E-state index contributed by atoms with van der Waals surface area (Å²) in [6.45, 7) is 6.11. The predicted molar refractivity (Wildman–Crippen MR) is 66.1 cm³/mol. The van der Waals surface area contributed by atoms with Crippen LogP contribution in [0.25, 0.3) is 0 Å². The van der Waals surface area contributed by atoms with E-state index in [2.05, 4.69) is 15.5 Å². The Bertz CT molecular complexity index is 385. The molecule has 1 unspecified atom stereocenters. The molecule has 0 saturated carbocycles. The summed E-state index contributed by atoms with van der Waals surface area (Å²) in [5, 5.41) is 8.81. The molecule has 0 bridgehead atoms. The standard InChI is InChI=1S/C10H16ClN5/c1-6(2)12-8-5-9(11)13-16-7(3)15(4)14-10(8)16/h5-7,13H,1-4H3. The molecule has 2 rings (SSSR count). The van der Waals surface area contributed by atoms with Crippen LogP contribution in [0.4, 0.5) is 0 Å². The predicted octanol–water partition coefficient (Wildman–Crippen LogP) is 1.34. The number of halogens is 1. The second-order valence-corrected chi connectivity index (χ2v) is 4.62. The first-order valence-electron chi connectivity index (χ1n) is 5.31. The maximum Gasteiger partial charge on any atom is 0.194 e. The molecule has 16 heavy (non-hydrogen) atoms. The van der Waals surface area contributed by atoms with E-state index < -0.39 is 0 Å². The van der Waals surface area contributed by atoms with Crippen LogP contribution in [0.5, 0.6) is 0 Å². The molecule has 5 nitrogen and oxygen atoms in total. The SMILES string of the molecule is CC(C)N=C1C=C(Cl)NN2C1=NN(C)C2C. The number of amidine groups is 1. The fourth-order valence-corrected chi connectivity index (χ4v) is 1.85. The number of hydrazone groups is 1. The van der Waals surface area contributed by atoms with Gasteiger partial charge >= 0.3 is 0 Å². The molecule has 2 heterocycles. The second kappa shape index (κ2) is 3.97. The largest absolute Gasteiger partial charge is 0.284 e. The van der Waals surface area contributed by atoms with Gasteiger partial charge in [-0.05, 0) is 20.8 Å². The highest BCUT2D eigenvalue weighted by Crippen LogP contribution is 2.19. The number of nitrogens with one attached hydrogen (secondary N) is 1. The number of aliphatic imine (C=N–C) groups is 1. The van der Waals surface area contributed by atoms with E-state index in [1.165, 1.54) is 0 Å². The van der Waals surface area contributed by atoms with E-state index in [-0.39, 0.29) is 12.2 Å². The number of hydrogen-bond donors (Lipinski definition) is 1. The molecule has 0 amide bonds. The molecular weight excluding hydrogens is 226 g/mol. The van der Waals surface area contributed by atoms with Crippen molar-refractivity contribution in [1.82, 2.24) is 15.4 Å². The molecule has 1 N–H and O–H groups in total. The first-order valence-corrected chi connectivity index (χ1v) is 5.69. The minimum absolute atomic E-state index is 0.134. The van der Waals surface area contributed by atoms with Crippen molar-refractivity contribution < 1.29 is 0 Å². The summed E-state index contributed by atoms with van der Waals surface area (Å²) < 4.78 is 0. The molecule has 2 aliphatic heterocycles. The van der Waals surface area contributed by atoms with Gasteiger partial charge in [0.2, 0.25) is 0 Å². The molecule has 0 fully saturated rings. The van der Waals surface area contributed by atoms with Gasteiger partial charge in [-0.25, -0.2) is 5.01 Å². The summed E-state index contributed by atoms with van der Waals surface area (Å²) in [5.74, 6) is 0.827. The molecule has 0 aromatic rings. The highest BCUT2D eigenvalue weighted by Gasteiger charge is 2.34. The second-order valence-electron chi connectivity index (χ2n) is 4.21. The highest BCUT2D eigenvalue weighted by atomic mass is 35.5. The molecule has 2 aliphatic rings. The lowest BCUT2D eigenvalue weighted by Gasteiger charge is -2.30. The van der Waals surface area contributed by atoms with Crippen LogP contribution in [-0.2, 0) is 0 Å². The zero-order chi connectivity index (χ0) is 11.9. The Morgan fingerprint density at radius 3 is 2.88 bits per heavy atom. The van der Waals surface area contributed by atoms with Crippen molar-refractivity contribution in [2.75, 3.05) is 7.05 Å². The Morgan fingerprint density at radius 2 is 2.25 bits per heavy atom. The van der Waals surface area contributed by atoms with Gasteiger partial charge in [0.1, 0.15) is 17.0 Å². The van der Waals surface area contributed by atoms with Gasteiger partial charge in [0.25, 0.3) is 0 Å².